The third kappa shape index (κ3) is 3.91. The van der Waals surface area contributed by atoms with E-state index in [-0.39, 0.29) is 6.04 Å². The van der Waals surface area contributed by atoms with Crippen molar-refractivity contribution < 1.29 is 4.74 Å². The maximum atomic E-state index is 5.96. The van der Waals surface area contributed by atoms with Gasteiger partial charge in [-0.3, -0.25) is 0 Å². The number of aromatic nitrogens is 1. The quantitative estimate of drug-likeness (QED) is 0.851. The van der Waals surface area contributed by atoms with Gasteiger partial charge in [-0.15, -0.1) is 0 Å². The molecule has 2 rings (SSSR count). The molecule has 1 fully saturated rings. The Balaban J connectivity index is 1.92. The summed E-state index contributed by atoms with van der Waals surface area (Å²) >= 11 is 0. The third-order valence-electron chi connectivity index (χ3n) is 3.84. The molecule has 0 radical (unpaired) electrons. The van der Waals surface area contributed by atoms with Gasteiger partial charge in [-0.1, -0.05) is 13.0 Å². The Labute approximate surface area is 116 Å². The molecule has 2 unspecified atom stereocenters. The Bertz CT molecular complexity index is 379. The van der Waals surface area contributed by atoms with E-state index in [2.05, 4.69) is 28.9 Å². The fourth-order valence-corrected chi connectivity index (χ4v) is 2.58. The molecule has 1 aromatic heterocycles. The lowest BCUT2D eigenvalue weighted by atomic mass is 10.1. The summed E-state index contributed by atoms with van der Waals surface area (Å²) in [5, 5.41) is 0. The molecular weight excluding hydrogens is 238 g/mol. The number of nitrogens with two attached hydrogens (primary N) is 1. The molecule has 19 heavy (non-hydrogen) atoms. The molecule has 4 nitrogen and oxygen atoms in total. The molecule has 4 heteroatoms. The van der Waals surface area contributed by atoms with Crippen LogP contribution < -0.4 is 10.6 Å². The molecule has 2 atom stereocenters. The van der Waals surface area contributed by atoms with Gasteiger partial charge in [0.25, 0.3) is 0 Å². The largest absolute Gasteiger partial charge is 0.384 e. The molecular formula is C15H25N3O. The lowest BCUT2D eigenvalue weighted by Gasteiger charge is -2.18. The van der Waals surface area contributed by atoms with Crippen LogP contribution in [0.4, 0.5) is 5.82 Å². The van der Waals surface area contributed by atoms with Crippen molar-refractivity contribution in [2.24, 2.45) is 11.7 Å². The smallest absolute Gasteiger partial charge is 0.128 e. The first-order chi connectivity index (χ1) is 9.22. The highest BCUT2D eigenvalue weighted by molar-refractivity contribution is 5.40. The highest BCUT2D eigenvalue weighted by Gasteiger charge is 2.23. The zero-order valence-corrected chi connectivity index (χ0v) is 12.0. The maximum Gasteiger partial charge on any atom is 0.128 e. The lowest BCUT2D eigenvalue weighted by Crippen LogP contribution is -2.23. The van der Waals surface area contributed by atoms with Crippen LogP contribution in [0.2, 0.25) is 0 Å². The van der Waals surface area contributed by atoms with Gasteiger partial charge in [0.15, 0.2) is 0 Å². The zero-order chi connectivity index (χ0) is 13.7. The number of hydrogen-bond acceptors (Lipinski definition) is 4. The SMILES string of the molecule is CCC(N)Cc1ccc(N2CCC(COC)C2)nc1. The van der Waals surface area contributed by atoms with Gasteiger partial charge in [-0.2, -0.15) is 0 Å². The molecule has 0 spiro atoms. The molecule has 1 aliphatic rings. The number of rotatable bonds is 6. The van der Waals surface area contributed by atoms with Crippen LogP contribution in [0.3, 0.4) is 0 Å². The van der Waals surface area contributed by atoms with Gasteiger partial charge < -0.3 is 15.4 Å². The van der Waals surface area contributed by atoms with Crippen LogP contribution in [0, 0.1) is 5.92 Å². The van der Waals surface area contributed by atoms with Crippen molar-refractivity contribution in [3.8, 4) is 0 Å². The van der Waals surface area contributed by atoms with Crippen LogP contribution in [0.5, 0.6) is 0 Å². The van der Waals surface area contributed by atoms with Crippen molar-refractivity contribution in [3.63, 3.8) is 0 Å². The molecule has 2 heterocycles. The molecule has 1 aromatic rings. The van der Waals surface area contributed by atoms with E-state index in [1.807, 2.05) is 6.20 Å². The predicted octanol–water partition coefficient (Wildman–Crippen LogP) is 1.83. The van der Waals surface area contributed by atoms with Crippen LogP contribution in [0.1, 0.15) is 25.3 Å². The minimum absolute atomic E-state index is 0.241. The fourth-order valence-electron chi connectivity index (χ4n) is 2.58. The molecule has 2 N–H and O–H groups in total. The second kappa shape index (κ2) is 6.87. The van der Waals surface area contributed by atoms with E-state index >= 15 is 0 Å². The Morgan fingerprint density at radius 1 is 1.53 bits per heavy atom. The van der Waals surface area contributed by atoms with Crippen molar-refractivity contribution >= 4 is 5.82 Å². The topological polar surface area (TPSA) is 51.4 Å². The summed E-state index contributed by atoms with van der Waals surface area (Å²) < 4.78 is 5.22. The van der Waals surface area contributed by atoms with Gasteiger partial charge in [0.2, 0.25) is 0 Å². The summed E-state index contributed by atoms with van der Waals surface area (Å²) in [6.07, 6.45) is 5.08. The summed E-state index contributed by atoms with van der Waals surface area (Å²) in [7, 11) is 1.77. The average Bonchev–Trinajstić information content (AvgIpc) is 2.88. The van der Waals surface area contributed by atoms with E-state index in [1.165, 1.54) is 12.0 Å². The van der Waals surface area contributed by atoms with E-state index < -0.39 is 0 Å². The Morgan fingerprint density at radius 3 is 3.00 bits per heavy atom. The maximum absolute atomic E-state index is 5.96. The van der Waals surface area contributed by atoms with Crippen LogP contribution in [-0.4, -0.2) is 37.8 Å². The highest BCUT2D eigenvalue weighted by Crippen LogP contribution is 2.22. The summed E-state index contributed by atoms with van der Waals surface area (Å²) in [5.41, 5.74) is 7.19. The first-order valence-electron chi connectivity index (χ1n) is 7.17. The number of pyridine rings is 1. The van der Waals surface area contributed by atoms with E-state index in [1.54, 1.807) is 7.11 Å². The molecule has 0 aliphatic carbocycles. The monoisotopic (exact) mass is 263 g/mol. The molecule has 1 aliphatic heterocycles. The van der Waals surface area contributed by atoms with Crippen LogP contribution >= 0.6 is 0 Å². The van der Waals surface area contributed by atoms with E-state index in [0.717, 1.165) is 38.4 Å². The third-order valence-corrected chi connectivity index (χ3v) is 3.84. The van der Waals surface area contributed by atoms with E-state index in [0.29, 0.717) is 5.92 Å². The lowest BCUT2D eigenvalue weighted by molar-refractivity contribution is 0.161. The summed E-state index contributed by atoms with van der Waals surface area (Å²) in [5.74, 6) is 1.72. The summed E-state index contributed by atoms with van der Waals surface area (Å²) in [4.78, 5) is 6.91. The Hall–Kier alpha value is -1.13. The first-order valence-corrected chi connectivity index (χ1v) is 7.17. The van der Waals surface area contributed by atoms with Gasteiger partial charge in [0.1, 0.15) is 5.82 Å². The van der Waals surface area contributed by atoms with Crippen molar-refractivity contribution in [2.45, 2.75) is 32.2 Å². The minimum atomic E-state index is 0.241. The van der Waals surface area contributed by atoms with E-state index in [4.69, 9.17) is 10.5 Å². The zero-order valence-electron chi connectivity index (χ0n) is 12.0. The Kier molecular flexibility index (Phi) is 5.16. The normalized spacial score (nSPS) is 20.8. The van der Waals surface area contributed by atoms with Gasteiger partial charge in [0, 0.05) is 38.4 Å². The molecule has 106 valence electrons. The van der Waals surface area contributed by atoms with Crippen molar-refractivity contribution in [3.05, 3.63) is 23.9 Å². The number of ether oxygens (including phenoxy) is 1. The first kappa shape index (κ1) is 14.3. The minimum Gasteiger partial charge on any atom is -0.384 e. The fraction of sp³-hybridized carbons (Fsp3) is 0.667. The van der Waals surface area contributed by atoms with Crippen molar-refractivity contribution in [1.82, 2.24) is 4.98 Å². The molecule has 0 aromatic carbocycles. The van der Waals surface area contributed by atoms with E-state index in [9.17, 15) is 0 Å². The van der Waals surface area contributed by atoms with Crippen molar-refractivity contribution in [1.29, 1.82) is 0 Å². The predicted molar refractivity (Wildman–Crippen MR) is 78.4 cm³/mol. The molecule has 0 saturated carbocycles. The Morgan fingerprint density at radius 2 is 2.37 bits per heavy atom. The summed E-state index contributed by atoms with van der Waals surface area (Å²) in [6.45, 7) is 5.09. The van der Waals surface area contributed by atoms with Crippen LogP contribution in [0.25, 0.3) is 0 Å². The van der Waals surface area contributed by atoms with Gasteiger partial charge in [-0.05, 0) is 30.9 Å². The number of nitrogens with zero attached hydrogens (tertiary/aromatic N) is 2. The van der Waals surface area contributed by atoms with Gasteiger partial charge in [0.05, 0.1) is 6.61 Å². The average molecular weight is 263 g/mol. The second-order valence-corrected chi connectivity index (χ2v) is 5.45. The second-order valence-electron chi connectivity index (χ2n) is 5.45. The van der Waals surface area contributed by atoms with Crippen molar-refractivity contribution in [2.75, 3.05) is 31.7 Å². The standard InChI is InChI=1S/C15H25N3O/c1-3-14(16)8-12-4-5-15(17-9-12)18-7-6-13(10-18)11-19-2/h4-5,9,13-14H,3,6-8,10-11,16H2,1-2H3. The van der Waals surface area contributed by atoms with Gasteiger partial charge in [-0.25, -0.2) is 4.98 Å². The number of anilines is 1. The highest BCUT2D eigenvalue weighted by atomic mass is 16.5. The molecule has 0 amide bonds. The number of methoxy groups -OCH3 is 1. The number of hydrogen-bond donors (Lipinski definition) is 1. The van der Waals surface area contributed by atoms with Crippen LogP contribution in [0.15, 0.2) is 18.3 Å². The summed E-state index contributed by atoms with van der Waals surface area (Å²) in [6, 6.07) is 4.51. The van der Waals surface area contributed by atoms with Gasteiger partial charge >= 0.3 is 0 Å². The van der Waals surface area contributed by atoms with Crippen LogP contribution in [-0.2, 0) is 11.2 Å². The molecule has 1 saturated heterocycles. The molecule has 0 bridgehead atoms.